The van der Waals surface area contributed by atoms with E-state index < -0.39 is 0 Å². The minimum absolute atomic E-state index is 0.0278. The Balaban J connectivity index is 2.55. The molecule has 1 heterocycles. The van der Waals surface area contributed by atoms with Gasteiger partial charge in [-0.25, -0.2) is 0 Å². The van der Waals surface area contributed by atoms with Gasteiger partial charge in [0.25, 0.3) is 0 Å². The summed E-state index contributed by atoms with van der Waals surface area (Å²) in [5.74, 6) is 0.383. The lowest BCUT2D eigenvalue weighted by molar-refractivity contribution is -0.135. The highest BCUT2D eigenvalue weighted by atomic mass is 16.3. The van der Waals surface area contributed by atoms with Gasteiger partial charge in [-0.1, -0.05) is 19.8 Å². The Labute approximate surface area is 97.8 Å². The molecule has 0 saturated carbocycles. The van der Waals surface area contributed by atoms with Gasteiger partial charge in [-0.2, -0.15) is 0 Å². The molecule has 0 aromatic carbocycles. The van der Waals surface area contributed by atoms with Crippen LogP contribution in [-0.2, 0) is 4.79 Å². The third kappa shape index (κ3) is 3.76. The SMILES string of the molecule is CC(CN)CC(=O)N1CCCCCC1CO. The molecular formula is C12H24N2O2. The van der Waals surface area contributed by atoms with Crippen LogP contribution in [0, 0.1) is 5.92 Å². The first-order valence-corrected chi connectivity index (χ1v) is 6.29. The molecule has 0 aliphatic carbocycles. The van der Waals surface area contributed by atoms with E-state index in [1.807, 2.05) is 11.8 Å². The zero-order chi connectivity index (χ0) is 12.0. The molecule has 94 valence electrons. The van der Waals surface area contributed by atoms with Crippen molar-refractivity contribution >= 4 is 5.91 Å². The molecule has 0 spiro atoms. The summed E-state index contributed by atoms with van der Waals surface area (Å²) >= 11 is 0. The van der Waals surface area contributed by atoms with Crippen LogP contribution >= 0.6 is 0 Å². The first-order chi connectivity index (χ1) is 7.69. The van der Waals surface area contributed by atoms with Gasteiger partial charge in [0, 0.05) is 13.0 Å². The van der Waals surface area contributed by atoms with Crippen LogP contribution in [0.3, 0.4) is 0 Å². The summed E-state index contributed by atoms with van der Waals surface area (Å²) in [6.07, 6.45) is 4.76. The number of hydrogen-bond donors (Lipinski definition) is 2. The van der Waals surface area contributed by atoms with Gasteiger partial charge in [-0.05, 0) is 25.3 Å². The first kappa shape index (κ1) is 13.5. The summed E-state index contributed by atoms with van der Waals surface area (Å²) in [6.45, 7) is 3.41. The standard InChI is InChI=1S/C12H24N2O2/c1-10(8-13)7-12(16)14-6-4-2-3-5-11(14)9-15/h10-11,15H,2-9,13H2,1H3. The quantitative estimate of drug-likeness (QED) is 0.745. The fourth-order valence-electron chi connectivity index (χ4n) is 2.19. The molecular weight excluding hydrogens is 204 g/mol. The minimum atomic E-state index is 0.0278. The van der Waals surface area contributed by atoms with E-state index in [1.54, 1.807) is 0 Å². The Kier molecular flexibility index (Phi) is 5.77. The van der Waals surface area contributed by atoms with Crippen molar-refractivity contribution in [2.24, 2.45) is 11.7 Å². The lowest BCUT2D eigenvalue weighted by atomic mass is 10.1. The van der Waals surface area contributed by atoms with Crippen LogP contribution in [0.15, 0.2) is 0 Å². The number of rotatable bonds is 4. The van der Waals surface area contributed by atoms with E-state index in [2.05, 4.69) is 0 Å². The number of likely N-dealkylation sites (tertiary alicyclic amines) is 1. The van der Waals surface area contributed by atoms with E-state index in [0.717, 1.165) is 32.2 Å². The average molecular weight is 228 g/mol. The van der Waals surface area contributed by atoms with Gasteiger partial charge >= 0.3 is 0 Å². The van der Waals surface area contributed by atoms with Crippen molar-refractivity contribution in [1.82, 2.24) is 4.90 Å². The molecule has 1 fully saturated rings. The van der Waals surface area contributed by atoms with Crippen LogP contribution in [0.2, 0.25) is 0 Å². The topological polar surface area (TPSA) is 66.6 Å². The molecule has 3 N–H and O–H groups in total. The maximum atomic E-state index is 12.0. The van der Waals surface area contributed by atoms with E-state index in [9.17, 15) is 9.90 Å². The Morgan fingerprint density at radius 2 is 2.25 bits per heavy atom. The average Bonchev–Trinajstić information content (AvgIpc) is 2.53. The second-order valence-electron chi connectivity index (χ2n) is 4.82. The van der Waals surface area contributed by atoms with Gasteiger partial charge in [0.1, 0.15) is 0 Å². The summed E-state index contributed by atoms with van der Waals surface area (Å²) in [4.78, 5) is 13.9. The fourth-order valence-corrected chi connectivity index (χ4v) is 2.19. The van der Waals surface area contributed by atoms with Crippen molar-refractivity contribution in [3.05, 3.63) is 0 Å². The summed E-state index contributed by atoms with van der Waals surface area (Å²) in [6, 6.07) is 0.0278. The molecule has 1 rings (SSSR count). The van der Waals surface area contributed by atoms with Gasteiger partial charge < -0.3 is 15.7 Å². The Hall–Kier alpha value is -0.610. The molecule has 1 aliphatic rings. The number of nitrogens with two attached hydrogens (primary N) is 1. The highest BCUT2D eigenvalue weighted by molar-refractivity contribution is 5.76. The second kappa shape index (κ2) is 6.86. The first-order valence-electron chi connectivity index (χ1n) is 6.29. The van der Waals surface area contributed by atoms with Crippen molar-refractivity contribution in [2.75, 3.05) is 19.7 Å². The molecule has 1 amide bonds. The molecule has 2 atom stereocenters. The Bertz CT molecular complexity index is 221. The monoisotopic (exact) mass is 228 g/mol. The molecule has 4 heteroatoms. The molecule has 2 unspecified atom stereocenters. The second-order valence-corrected chi connectivity index (χ2v) is 4.82. The summed E-state index contributed by atoms with van der Waals surface area (Å²) < 4.78 is 0. The third-order valence-electron chi connectivity index (χ3n) is 3.33. The highest BCUT2D eigenvalue weighted by Gasteiger charge is 2.25. The van der Waals surface area contributed by atoms with E-state index in [4.69, 9.17) is 5.73 Å². The lowest BCUT2D eigenvalue weighted by Gasteiger charge is -2.29. The molecule has 16 heavy (non-hydrogen) atoms. The number of amides is 1. The molecule has 0 aromatic rings. The number of aliphatic hydroxyl groups is 1. The minimum Gasteiger partial charge on any atom is -0.394 e. The van der Waals surface area contributed by atoms with Crippen LogP contribution in [0.4, 0.5) is 0 Å². The van der Waals surface area contributed by atoms with E-state index in [-0.39, 0.29) is 24.5 Å². The number of aliphatic hydroxyl groups excluding tert-OH is 1. The number of carbonyl (C=O) groups excluding carboxylic acids is 1. The molecule has 1 saturated heterocycles. The number of carbonyl (C=O) groups is 1. The molecule has 0 radical (unpaired) electrons. The largest absolute Gasteiger partial charge is 0.394 e. The van der Waals surface area contributed by atoms with Crippen LogP contribution in [-0.4, -0.2) is 41.7 Å². The molecule has 0 aromatic heterocycles. The molecule has 4 nitrogen and oxygen atoms in total. The van der Waals surface area contributed by atoms with E-state index >= 15 is 0 Å². The Morgan fingerprint density at radius 1 is 1.50 bits per heavy atom. The maximum absolute atomic E-state index is 12.0. The van der Waals surface area contributed by atoms with Crippen LogP contribution < -0.4 is 5.73 Å². The number of hydrogen-bond acceptors (Lipinski definition) is 3. The predicted molar refractivity (Wildman–Crippen MR) is 63.9 cm³/mol. The summed E-state index contributed by atoms with van der Waals surface area (Å²) in [7, 11) is 0. The van der Waals surface area contributed by atoms with Crippen LogP contribution in [0.25, 0.3) is 0 Å². The summed E-state index contributed by atoms with van der Waals surface area (Å²) in [5, 5.41) is 9.31. The summed E-state index contributed by atoms with van der Waals surface area (Å²) in [5.41, 5.74) is 5.53. The van der Waals surface area contributed by atoms with Gasteiger partial charge in [0.05, 0.1) is 12.6 Å². The smallest absolute Gasteiger partial charge is 0.223 e. The van der Waals surface area contributed by atoms with Crippen molar-refractivity contribution in [1.29, 1.82) is 0 Å². The fraction of sp³-hybridized carbons (Fsp3) is 0.917. The molecule has 1 aliphatic heterocycles. The van der Waals surface area contributed by atoms with Crippen LogP contribution in [0.5, 0.6) is 0 Å². The van der Waals surface area contributed by atoms with Gasteiger partial charge in [-0.15, -0.1) is 0 Å². The van der Waals surface area contributed by atoms with E-state index in [1.165, 1.54) is 0 Å². The lowest BCUT2D eigenvalue weighted by Crippen LogP contribution is -2.43. The predicted octanol–water partition coefficient (Wildman–Crippen LogP) is 0.735. The van der Waals surface area contributed by atoms with Crippen LogP contribution in [0.1, 0.15) is 39.0 Å². The van der Waals surface area contributed by atoms with E-state index in [0.29, 0.717) is 13.0 Å². The normalized spacial score (nSPS) is 23.9. The molecule has 0 bridgehead atoms. The third-order valence-corrected chi connectivity index (χ3v) is 3.33. The van der Waals surface area contributed by atoms with Gasteiger partial charge in [-0.3, -0.25) is 4.79 Å². The highest BCUT2D eigenvalue weighted by Crippen LogP contribution is 2.18. The van der Waals surface area contributed by atoms with Gasteiger partial charge in [0.2, 0.25) is 5.91 Å². The van der Waals surface area contributed by atoms with Crippen molar-refractivity contribution in [3.8, 4) is 0 Å². The maximum Gasteiger partial charge on any atom is 0.223 e. The van der Waals surface area contributed by atoms with Crippen molar-refractivity contribution in [2.45, 2.75) is 45.1 Å². The zero-order valence-electron chi connectivity index (χ0n) is 10.2. The Morgan fingerprint density at radius 3 is 2.88 bits per heavy atom. The zero-order valence-corrected chi connectivity index (χ0v) is 10.2. The van der Waals surface area contributed by atoms with Crippen molar-refractivity contribution in [3.63, 3.8) is 0 Å². The number of nitrogens with zero attached hydrogens (tertiary/aromatic N) is 1. The van der Waals surface area contributed by atoms with Crippen molar-refractivity contribution < 1.29 is 9.90 Å². The van der Waals surface area contributed by atoms with Gasteiger partial charge in [0.15, 0.2) is 0 Å².